The van der Waals surface area contributed by atoms with Crippen molar-refractivity contribution in [3.05, 3.63) is 101 Å². The van der Waals surface area contributed by atoms with Crippen molar-refractivity contribution in [1.29, 1.82) is 0 Å². The first-order valence-corrected chi connectivity index (χ1v) is 10.1. The predicted octanol–water partition coefficient (Wildman–Crippen LogP) is 6.94. The summed E-state index contributed by atoms with van der Waals surface area (Å²) in [5.74, 6) is 1.62. The van der Waals surface area contributed by atoms with Gasteiger partial charge < -0.3 is 9.47 Å². The number of ether oxygens (including phenoxy) is 2. The number of aliphatic imine (C=N–C) groups is 1. The SMILES string of the molecule is COc1ccc(N=Cc2c(OCc3ccc(Br)cc3)ccc3ccccc23)cc1. The fourth-order valence-corrected chi connectivity index (χ4v) is 3.35. The first-order valence-electron chi connectivity index (χ1n) is 9.30. The summed E-state index contributed by atoms with van der Waals surface area (Å²) >= 11 is 3.47. The number of methoxy groups -OCH3 is 1. The van der Waals surface area contributed by atoms with Gasteiger partial charge in [0.15, 0.2) is 0 Å². The Morgan fingerprint density at radius 2 is 1.62 bits per heavy atom. The molecule has 0 fully saturated rings. The lowest BCUT2D eigenvalue weighted by molar-refractivity contribution is 0.306. The van der Waals surface area contributed by atoms with Gasteiger partial charge in [-0.15, -0.1) is 0 Å². The molecule has 0 radical (unpaired) electrons. The molecule has 0 atom stereocenters. The molecule has 4 heteroatoms. The quantitative estimate of drug-likeness (QED) is 0.301. The summed E-state index contributed by atoms with van der Waals surface area (Å²) in [5.41, 5.74) is 2.94. The van der Waals surface area contributed by atoms with Crippen LogP contribution < -0.4 is 9.47 Å². The molecule has 0 aliphatic rings. The van der Waals surface area contributed by atoms with Crippen LogP contribution in [0.2, 0.25) is 0 Å². The molecule has 0 unspecified atom stereocenters. The van der Waals surface area contributed by atoms with E-state index in [2.05, 4.69) is 51.3 Å². The molecule has 0 bridgehead atoms. The molecule has 4 aromatic rings. The van der Waals surface area contributed by atoms with E-state index in [-0.39, 0.29) is 0 Å². The summed E-state index contributed by atoms with van der Waals surface area (Å²) in [6, 6.07) is 28.2. The third-order valence-corrected chi connectivity index (χ3v) is 5.18. The van der Waals surface area contributed by atoms with Crippen molar-refractivity contribution in [3.63, 3.8) is 0 Å². The molecule has 3 nitrogen and oxygen atoms in total. The molecule has 0 aliphatic carbocycles. The molecule has 29 heavy (non-hydrogen) atoms. The van der Waals surface area contributed by atoms with Crippen molar-refractivity contribution >= 4 is 38.6 Å². The van der Waals surface area contributed by atoms with Gasteiger partial charge in [0.05, 0.1) is 12.8 Å². The molecule has 0 heterocycles. The Balaban J connectivity index is 1.66. The van der Waals surface area contributed by atoms with Crippen molar-refractivity contribution in [2.45, 2.75) is 6.61 Å². The lowest BCUT2D eigenvalue weighted by Crippen LogP contribution is -1.99. The molecule has 144 valence electrons. The molecule has 0 aromatic heterocycles. The Labute approximate surface area is 178 Å². The van der Waals surface area contributed by atoms with Crippen molar-refractivity contribution in [2.24, 2.45) is 4.99 Å². The fraction of sp³-hybridized carbons (Fsp3) is 0.0800. The van der Waals surface area contributed by atoms with Crippen LogP contribution in [-0.4, -0.2) is 13.3 Å². The van der Waals surface area contributed by atoms with Gasteiger partial charge in [0, 0.05) is 16.3 Å². The van der Waals surface area contributed by atoms with E-state index < -0.39 is 0 Å². The third-order valence-electron chi connectivity index (χ3n) is 4.65. The average Bonchev–Trinajstić information content (AvgIpc) is 2.78. The van der Waals surface area contributed by atoms with Crippen molar-refractivity contribution < 1.29 is 9.47 Å². The van der Waals surface area contributed by atoms with Gasteiger partial charge in [0.1, 0.15) is 18.1 Å². The van der Waals surface area contributed by atoms with Gasteiger partial charge in [-0.3, -0.25) is 4.99 Å². The van der Waals surface area contributed by atoms with Crippen LogP contribution in [-0.2, 0) is 6.61 Å². The lowest BCUT2D eigenvalue weighted by Gasteiger charge is -2.12. The van der Waals surface area contributed by atoms with E-state index in [1.807, 2.05) is 60.8 Å². The summed E-state index contributed by atoms with van der Waals surface area (Å²) in [6.07, 6.45) is 1.88. The summed E-state index contributed by atoms with van der Waals surface area (Å²) < 4.78 is 12.4. The van der Waals surface area contributed by atoms with E-state index in [1.54, 1.807) is 7.11 Å². The molecule has 0 amide bonds. The first-order chi connectivity index (χ1) is 14.2. The van der Waals surface area contributed by atoms with Gasteiger partial charge in [-0.05, 0) is 58.8 Å². The van der Waals surface area contributed by atoms with Crippen LogP contribution in [0, 0.1) is 0 Å². The number of nitrogens with zero attached hydrogens (tertiary/aromatic N) is 1. The second-order valence-electron chi connectivity index (χ2n) is 6.57. The van der Waals surface area contributed by atoms with E-state index in [4.69, 9.17) is 9.47 Å². The van der Waals surface area contributed by atoms with Gasteiger partial charge in [-0.2, -0.15) is 0 Å². The Bertz CT molecular complexity index is 1140. The summed E-state index contributed by atoms with van der Waals surface area (Å²) in [6.45, 7) is 0.495. The summed E-state index contributed by atoms with van der Waals surface area (Å²) in [4.78, 5) is 4.66. The lowest BCUT2D eigenvalue weighted by atomic mass is 10.0. The molecule has 0 saturated carbocycles. The smallest absolute Gasteiger partial charge is 0.129 e. The number of benzene rings is 4. The van der Waals surface area contributed by atoms with E-state index in [0.717, 1.165) is 43.6 Å². The zero-order chi connectivity index (χ0) is 20.1. The summed E-state index contributed by atoms with van der Waals surface area (Å²) in [7, 11) is 1.66. The first kappa shape index (κ1) is 19.2. The van der Waals surface area contributed by atoms with Gasteiger partial charge in [-0.1, -0.05) is 58.4 Å². The standard InChI is InChI=1S/C25H20BrNO2/c1-28-22-13-11-21(12-14-22)27-16-24-23-5-3-2-4-19(23)8-15-25(24)29-17-18-6-9-20(26)10-7-18/h2-16H,17H2,1H3. The number of rotatable bonds is 6. The van der Waals surface area contributed by atoms with E-state index in [0.29, 0.717) is 6.61 Å². The summed E-state index contributed by atoms with van der Waals surface area (Å²) in [5, 5.41) is 2.26. The minimum Gasteiger partial charge on any atom is -0.497 e. The number of fused-ring (bicyclic) bond motifs is 1. The molecule has 0 spiro atoms. The van der Waals surface area contributed by atoms with E-state index in [1.165, 1.54) is 0 Å². The monoisotopic (exact) mass is 445 g/mol. The van der Waals surface area contributed by atoms with Gasteiger partial charge in [0.2, 0.25) is 0 Å². The maximum atomic E-state index is 6.17. The molecule has 0 aliphatic heterocycles. The zero-order valence-electron chi connectivity index (χ0n) is 16.0. The Morgan fingerprint density at radius 1 is 0.862 bits per heavy atom. The molecular weight excluding hydrogens is 426 g/mol. The predicted molar refractivity (Wildman–Crippen MR) is 123 cm³/mol. The molecular formula is C25H20BrNO2. The topological polar surface area (TPSA) is 30.8 Å². The second-order valence-corrected chi connectivity index (χ2v) is 7.49. The fourth-order valence-electron chi connectivity index (χ4n) is 3.08. The van der Waals surface area contributed by atoms with E-state index in [9.17, 15) is 0 Å². The molecule has 0 saturated heterocycles. The number of hydrogen-bond acceptors (Lipinski definition) is 3. The highest BCUT2D eigenvalue weighted by Gasteiger charge is 2.08. The largest absolute Gasteiger partial charge is 0.497 e. The van der Waals surface area contributed by atoms with Crippen LogP contribution in [0.5, 0.6) is 11.5 Å². The molecule has 4 rings (SSSR count). The van der Waals surface area contributed by atoms with Crippen molar-refractivity contribution in [1.82, 2.24) is 0 Å². The Hall–Kier alpha value is -3.11. The molecule has 4 aromatic carbocycles. The van der Waals surface area contributed by atoms with Crippen LogP contribution in [0.25, 0.3) is 10.8 Å². The highest BCUT2D eigenvalue weighted by Crippen LogP contribution is 2.28. The Morgan fingerprint density at radius 3 is 2.38 bits per heavy atom. The average molecular weight is 446 g/mol. The van der Waals surface area contributed by atoms with Gasteiger partial charge >= 0.3 is 0 Å². The highest BCUT2D eigenvalue weighted by atomic mass is 79.9. The second kappa shape index (κ2) is 8.93. The van der Waals surface area contributed by atoms with Crippen LogP contribution in [0.1, 0.15) is 11.1 Å². The number of halogens is 1. The maximum absolute atomic E-state index is 6.17. The molecule has 0 N–H and O–H groups in total. The zero-order valence-corrected chi connectivity index (χ0v) is 17.6. The van der Waals surface area contributed by atoms with Gasteiger partial charge in [-0.25, -0.2) is 0 Å². The van der Waals surface area contributed by atoms with Crippen LogP contribution in [0.3, 0.4) is 0 Å². The van der Waals surface area contributed by atoms with Crippen LogP contribution in [0.4, 0.5) is 5.69 Å². The normalized spacial score (nSPS) is 11.1. The van der Waals surface area contributed by atoms with Crippen molar-refractivity contribution in [3.8, 4) is 11.5 Å². The van der Waals surface area contributed by atoms with Crippen LogP contribution >= 0.6 is 15.9 Å². The van der Waals surface area contributed by atoms with E-state index >= 15 is 0 Å². The van der Waals surface area contributed by atoms with Crippen LogP contribution in [0.15, 0.2) is 94.4 Å². The van der Waals surface area contributed by atoms with Crippen molar-refractivity contribution in [2.75, 3.05) is 7.11 Å². The minimum atomic E-state index is 0.495. The van der Waals surface area contributed by atoms with Gasteiger partial charge in [0.25, 0.3) is 0 Å². The third kappa shape index (κ3) is 4.66. The maximum Gasteiger partial charge on any atom is 0.129 e. The number of hydrogen-bond donors (Lipinski definition) is 0. The Kier molecular flexibility index (Phi) is 5.92. The minimum absolute atomic E-state index is 0.495. The highest BCUT2D eigenvalue weighted by molar-refractivity contribution is 9.10.